The lowest BCUT2D eigenvalue weighted by molar-refractivity contribution is 0.103. The average Bonchev–Trinajstić information content (AvgIpc) is 2.38. The third-order valence-electron chi connectivity index (χ3n) is 2.81. The highest BCUT2D eigenvalue weighted by atomic mass is 79.9. The molecule has 0 unspecified atom stereocenters. The molecule has 0 bridgehead atoms. The number of hydrogen-bond donors (Lipinski definition) is 1. The van der Waals surface area contributed by atoms with E-state index in [9.17, 15) is 4.79 Å². The van der Waals surface area contributed by atoms with Crippen LogP contribution in [0.5, 0.6) is 0 Å². The Morgan fingerprint density at radius 3 is 2.35 bits per heavy atom. The number of benzene rings is 2. The van der Waals surface area contributed by atoms with Gasteiger partial charge in [0.2, 0.25) is 0 Å². The molecule has 0 amide bonds. The van der Waals surface area contributed by atoms with E-state index in [2.05, 4.69) is 31.9 Å². The Morgan fingerprint density at radius 1 is 1.10 bits per heavy atom. The van der Waals surface area contributed by atoms with Gasteiger partial charge in [0.25, 0.3) is 0 Å². The van der Waals surface area contributed by atoms with Gasteiger partial charge in [-0.1, -0.05) is 55.1 Å². The number of carbonyl (C=O) groups excluding carboxylic acids is 1. The van der Waals surface area contributed by atoms with Gasteiger partial charge in [-0.3, -0.25) is 4.79 Å². The van der Waals surface area contributed by atoms with E-state index in [1.807, 2.05) is 13.0 Å². The zero-order valence-electron chi connectivity index (χ0n) is 10.3. The van der Waals surface area contributed by atoms with Gasteiger partial charge in [-0.15, -0.1) is 0 Å². The van der Waals surface area contributed by atoms with Crippen LogP contribution in [0.4, 0.5) is 5.69 Å². The van der Waals surface area contributed by atoms with Crippen LogP contribution in [0.2, 0.25) is 10.0 Å². The van der Waals surface area contributed by atoms with Crippen LogP contribution in [-0.4, -0.2) is 5.78 Å². The Bertz CT molecular complexity index is 694. The number of halogens is 4. The number of nitrogen functional groups attached to an aromatic ring is 1. The smallest absolute Gasteiger partial charge is 0.194 e. The SMILES string of the molecule is Cc1cc(Br)c(C(=O)c2cc(N)c(Cl)c(Cl)c2)cc1Br. The van der Waals surface area contributed by atoms with Crippen molar-refractivity contribution in [2.45, 2.75) is 6.92 Å². The highest BCUT2D eigenvalue weighted by molar-refractivity contribution is 9.11. The largest absolute Gasteiger partial charge is 0.397 e. The van der Waals surface area contributed by atoms with Crippen molar-refractivity contribution in [1.29, 1.82) is 0 Å². The van der Waals surface area contributed by atoms with Gasteiger partial charge in [-0.2, -0.15) is 0 Å². The topological polar surface area (TPSA) is 43.1 Å². The first-order chi connectivity index (χ1) is 9.31. The molecular formula is C14H9Br2Cl2NO. The molecule has 0 saturated heterocycles. The van der Waals surface area contributed by atoms with Crippen LogP contribution in [0, 0.1) is 6.92 Å². The van der Waals surface area contributed by atoms with Crippen LogP contribution < -0.4 is 5.73 Å². The summed E-state index contributed by atoms with van der Waals surface area (Å²) in [4.78, 5) is 12.5. The second kappa shape index (κ2) is 6.06. The molecule has 0 atom stereocenters. The predicted octanol–water partition coefficient (Wildman–Crippen LogP) is 5.64. The van der Waals surface area contributed by atoms with Gasteiger partial charge >= 0.3 is 0 Å². The highest BCUT2D eigenvalue weighted by Gasteiger charge is 2.17. The monoisotopic (exact) mass is 435 g/mol. The Morgan fingerprint density at radius 2 is 1.75 bits per heavy atom. The summed E-state index contributed by atoms with van der Waals surface area (Å²) >= 11 is 18.7. The molecule has 0 saturated carbocycles. The Hall–Kier alpha value is -0.550. The maximum absolute atomic E-state index is 12.5. The number of aryl methyl sites for hydroxylation is 1. The summed E-state index contributed by atoms with van der Waals surface area (Å²) in [5.74, 6) is -0.178. The van der Waals surface area contributed by atoms with E-state index in [0.29, 0.717) is 15.6 Å². The molecule has 2 nitrogen and oxygen atoms in total. The maximum Gasteiger partial charge on any atom is 0.194 e. The minimum absolute atomic E-state index is 0.178. The van der Waals surface area contributed by atoms with E-state index in [0.717, 1.165) is 10.0 Å². The van der Waals surface area contributed by atoms with Crippen molar-refractivity contribution >= 4 is 66.5 Å². The summed E-state index contributed by atoms with van der Waals surface area (Å²) in [5, 5.41) is 0.518. The van der Waals surface area contributed by atoms with Gasteiger partial charge in [0.15, 0.2) is 5.78 Å². The highest BCUT2D eigenvalue weighted by Crippen LogP contribution is 2.32. The van der Waals surface area contributed by atoms with Crippen LogP contribution in [0.1, 0.15) is 21.5 Å². The van der Waals surface area contributed by atoms with Crippen molar-refractivity contribution in [3.05, 3.63) is 59.9 Å². The first-order valence-electron chi connectivity index (χ1n) is 5.56. The molecule has 0 aromatic heterocycles. The van der Waals surface area contributed by atoms with Crippen LogP contribution >= 0.6 is 55.1 Å². The quantitative estimate of drug-likeness (QED) is 0.488. The van der Waals surface area contributed by atoms with Crippen molar-refractivity contribution < 1.29 is 4.79 Å². The Kier molecular flexibility index (Phi) is 4.80. The molecule has 2 rings (SSSR count). The number of carbonyl (C=O) groups is 1. The van der Waals surface area contributed by atoms with Crippen LogP contribution in [-0.2, 0) is 0 Å². The predicted molar refractivity (Wildman–Crippen MR) is 90.9 cm³/mol. The van der Waals surface area contributed by atoms with Gasteiger partial charge in [0, 0.05) is 20.1 Å². The molecular weight excluding hydrogens is 429 g/mol. The Balaban J connectivity index is 2.55. The van der Waals surface area contributed by atoms with Crippen molar-refractivity contribution in [1.82, 2.24) is 0 Å². The van der Waals surface area contributed by atoms with E-state index in [4.69, 9.17) is 28.9 Å². The van der Waals surface area contributed by atoms with E-state index < -0.39 is 0 Å². The van der Waals surface area contributed by atoms with Gasteiger partial charge in [-0.05, 0) is 36.8 Å². The summed E-state index contributed by atoms with van der Waals surface area (Å²) in [6.45, 7) is 1.94. The van der Waals surface area contributed by atoms with Gasteiger partial charge in [0.05, 0.1) is 15.7 Å². The summed E-state index contributed by atoms with van der Waals surface area (Å²) in [5.41, 5.74) is 7.98. The maximum atomic E-state index is 12.5. The molecule has 6 heteroatoms. The van der Waals surface area contributed by atoms with E-state index >= 15 is 0 Å². The molecule has 2 N–H and O–H groups in total. The standard InChI is InChI=1S/C14H9Br2Cl2NO/c1-6-2-10(16)8(5-9(6)15)14(20)7-3-11(17)13(18)12(19)4-7/h2-5H,19H2,1H3. The lowest BCUT2D eigenvalue weighted by Gasteiger charge is -2.09. The molecule has 2 aromatic rings. The molecule has 104 valence electrons. The lowest BCUT2D eigenvalue weighted by atomic mass is 10.0. The number of hydrogen-bond acceptors (Lipinski definition) is 2. The molecule has 0 fully saturated rings. The van der Waals surface area contributed by atoms with E-state index in [1.54, 1.807) is 6.07 Å². The molecule has 0 aliphatic rings. The third kappa shape index (κ3) is 3.03. The van der Waals surface area contributed by atoms with Crippen LogP contribution in [0.25, 0.3) is 0 Å². The fraction of sp³-hybridized carbons (Fsp3) is 0.0714. The Labute approximate surface area is 143 Å². The summed E-state index contributed by atoms with van der Waals surface area (Å²) in [6, 6.07) is 6.68. The number of ketones is 1. The number of rotatable bonds is 2. The summed E-state index contributed by atoms with van der Waals surface area (Å²) < 4.78 is 1.57. The molecule has 0 heterocycles. The van der Waals surface area contributed by atoms with Gasteiger partial charge < -0.3 is 5.73 Å². The molecule has 0 aliphatic heterocycles. The minimum atomic E-state index is -0.178. The minimum Gasteiger partial charge on any atom is -0.397 e. The zero-order chi connectivity index (χ0) is 15.0. The van der Waals surface area contributed by atoms with Gasteiger partial charge in [-0.25, -0.2) is 0 Å². The number of anilines is 1. The second-order valence-electron chi connectivity index (χ2n) is 4.27. The zero-order valence-corrected chi connectivity index (χ0v) is 15.0. The molecule has 2 aromatic carbocycles. The molecule has 20 heavy (non-hydrogen) atoms. The first-order valence-corrected chi connectivity index (χ1v) is 7.90. The van der Waals surface area contributed by atoms with Gasteiger partial charge in [0.1, 0.15) is 0 Å². The van der Waals surface area contributed by atoms with Crippen LogP contribution in [0.15, 0.2) is 33.2 Å². The lowest BCUT2D eigenvalue weighted by Crippen LogP contribution is -2.04. The van der Waals surface area contributed by atoms with Crippen molar-refractivity contribution in [2.24, 2.45) is 0 Å². The van der Waals surface area contributed by atoms with Crippen molar-refractivity contribution in [2.75, 3.05) is 5.73 Å². The van der Waals surface area contributed by atoms with Crippen molar-refractivity contribution in [3.8, 4) is 0 Å². The third-order valence-corrected chi connectivity index (χ3v) is 5.14. The fourth-order valence-electron chi connectivity index (χ4n) is 1.72. The van der Waals surface area contributed by atoms with E-state index in [-0.39, 0.29) is 21.5 Å². The second-order valence-corrected chi connectivity index (χ2v) is 6.77. The van der Waals surface area contributed by atoms with Crippen molar-refractivity contribution in [3.63, 3.8) is 0 Å². The average molecular weight is 438 g/mol. The first kappa shape index (κ1) is 15.8. The normalized spacial score (nSPS) is 10.7. The molecule has 0 radical (unpaired) electrons. The number of nitrogens with two attached hydrogens (primary N) is 1. The molecule has 0 aliphatic carbocycles. The van der Waals surface area contributed by atoms with E-state index in [1.165, 1.54) is 12.1 Å². The fourth-order valence-corrected chi connectivity index (χ4v) is 3.03. The van der Waals surface area contributed by atoms with Crippen LogP contribution in [0.3, 0.4) is 0 Å². The molecule has 0 spiro atoms. The summed E-state index contributed by atoms with van der Waals surface area (Å²) in [6.07, 6.45) is 0. The summed E-state index contributed by atoms with van der Waals surface area (Å²) in [7, 11) is 0.